The lowest BCUT2D eigenvalue weighted by Crippen LogP contribution is -2.27. The normalized spacial score (nSPS) is 11.9. The smallest absolute Gasteiger partial charge is 0.416 e. The monoisotopic (exact) mass is 291 g/mol. The lowest BCUT2D eigenvalue weighted by Gasteiger charge is -2.21. The maximum Gasteiger partial charge on any atom is 0.416 e. The molecular weight excluding hydrogens is 275 g/mol. The van der Waals surface area contributed by atoms with Crippen LogP contribution in [0.5, 0.6) is 0 Å². The van der Waals surface area contributed by atoms with Crippen LogP contribution in [0.1, 0.15) is 26.3 Å². The molecular formula is C12H16F3N3O2. The first-order valence-electron chi connectivity index (χ1n) is 5.71. The zero-order valence-corrected chi connectivity index (χ0v) is 11.3. The van der Waals surface area contributed by atoms with Crippen LogP contribution in [-0.4, -0.2) is 11.7 Å². The average Bonchev–Trinajstić information content (AvgIpc) is 2.24. The van der Waals surface area contributed by atoms with Crippen molar-refractivity contribution in [3.05, 3.63) is 23.8 Å². The van der Waals surface area contributed by atoms with Crippen LogP contribution in [0, 0.1) is 0 Å². The second-order valence-electron chi connectivity index (χ2n) is 5.03. The van der Waals surface area contributed by atoms with Crippen molar-refractivity contribution in [2.75, 3.05) is 10.7 Å². The minimum absolute atomic E-state index is 0.114. The first kappa shape index (κ1) is 16.1. The molecule has 112 valence electrons. The van der Waals surface area contributed by atoms with Crippen LogP contribution < -0.4 is 16.6 Å². The van der Waals surface area contributed by atoms with Crippen molar-refractivity contribution in [2.24, 2.45) is 5.84 Å². The summed E-state index contributed by atoms with van der Waals surface area (Å²) in [6.07, 6.45) is -5.38. The molecule has 8 heteroatoms. The fourth-order valence-electron chi connectivity index (χ4n) is 1.36. The van der Waals surface area contributed by atoms with Crippen LogP contribution in [0.25, 0.3) is 0 Å². The van der Waals surface area contributed by atoms with Gasteiger partial charge in [-0.2, -0.15) is 13.2 Å². The summed E-state index contributed by atoms with van der Waals surface area (Å²) in [6.45, 7) is 4.92. The molecule has 1 amide bonds. The average molecular weight is 291 g/mol. The van der Waals surface area contributed by atoms with Crippen LogP contribution in [0.4, 0.5) is 29.3 Å². The van der Waals surface area contributed by atoms with Gasteiger partial charge >= 0.3 is 12.3 Å². The van der Waals surface area contributed by atoms with Gasteiger partial charge in [-0.1, -0.05) is 0 Å². The molecule has 0 aliphatic heterocycles. The fourth-order valence-corrected chi connectivity index (χ4v) is 1.36. The van der Waals surface area contributed by atoms with Crippen LogP contribution in [0.3, 0.4) is 0 Å². The third-order valence-electron chi connectivity index (χ3n) is 2.14. The molecule has 1 rings (SSSR count). The van der Waals surface area contributed by atoms with E-state index >= 15 is 0 Å². The number of nitrogens with two attached hydrogens (primary N) is 1. The van der Waals surface area contributed by atoms with Crippen molar-refractivity contribution in [1.82, 2.24) is 0 Å². The third kappa shape index (κ3) is 4.61. The van der Waals surface area contributed by atoms with Crippen molar-refractivity contribution < 1.29 is 22.7 Å². The minimum Gasteiger partial charge on any atom is -0.444 e. The molecule has 0 aliphatic rings. The second-order valence-corrected chi connectivity index (χ2v) is 5.03. The molecule has 0 aliphatic carbocycles. The highest BCUT2D eigenvalue weighted by Gasteiger charge is 2.31. The molecule has 0 heterocycles. The molecule has 0 bridgehead atoms. The van der Waals surface area contributed by atoms with E-state index in [-0.39, 0.29) is 11.4 Å². The zero-order chi connectivity index (χ0) is 15.6. The van der Waals surface area contributed by atoms with Gasteiger partial charge in [0.25, 0.3) is 0 Å². The molecule has 4 N–H and O–H groups in total. The SMILES string of the molecule is CC(C)(C)OC(=O)Nc1cc(C(F)(F)F)ccc1NN. The van der Waals surface area contributed by atoms with Gasteiger partial charge in [0.1, 0.15) is 5.60 Å². The van der Waals surface area contributed by atoms with Gasteiger partial charge in [0.2, 0.25) is 0 Å². The van der Waals surface area contributed by atoms with E-state index in [4.69, 9.17) is 10.6 Å². The number of hydrazine groups is 1. The summed E-state index contributed by atoms with van der Waals surface area (Å²) in [5.41, 5.74) is 0.571. The summed E-state index contributed by atoms with van der Waals surface area (Å²) in [6, 6.07) is 2.75. The Labute approximate surface area is 114 Å². The number of amides is 1. The Kier molecular flexibility index (Phi) is 4.49. The van der Waals surface area contributed by atoms with Crippen molar-refractivity contribution in [3.8, 4) is 0 Å². The number of nitrogen functional groups attached to an aromatic ring is 1. The lowest BCUT2D eigenvalue weighted by molar-refractivity contribution is -0.137. The molecule has 1 aromatic carbocycles. The largest absolute Gasteiger partial charge is 0.444 e. The lowest BCUT2D eigenvalue weighted by atomic mass is 10.1. The number of benzene rings is 1. The Morgan fingerprint density at radius 1 is 1.20 bits per heavy atom. The fraction of sp³-hybridized carbons (Fsp3) is 0.417. The van der Waals surface area contributed by atoms with Gasteiger partial charge in [-0.15, -0.1) is 0 Å². The number of hydrogen-bond acceptors (Lipinski definition) is 4. The van der Waals surface area contributed by atoms with E-state index in [0.717, 1.165) is 18.2 Å². The van der Waals surface area contributed by atoms with E-state index in [1.165, 1.54) is 0 Å². The molecule has 20 heavy (non-hydrogen) atoms. The highest BCUT2D eigenvalue weighted by atomic mass is 19.4. The molecule has 0 atom stereocenters. The molecule has 0 aromatic heterocycles. The molecule has 0 spiro atoms. The molecule has 0 saturated carbocycles. The van der Waals surface area contributed by atoms with E-state index in [1.807, 2.05) is 0 Å². The van der Waals surface area contributed by atoms with Crippen molar-refractivity contribution in [3.63, 3.8) is 0 Å². The quantitative estimate of drug-likeness (QED) is 0.577. The van der Waals surface area contributed by atoms with E-state index in [0.29, 0.717) is 0 Å². The standard InChI is InChI=1S/C12H16F3N3O2/c1-11(2,3)20-10(19)17-9-6-7(12(13,14)15)4-5-8(9)18-16/h4-6,18H,16H2,1-3H3,(H,17,19). The molecule has 0 unspecified atom stereocenters. The molecule has 0 radical (unpaired) electrons. The van der Waals surface area contributed by atoms with Gasteiger partial charge in [-0.05, 0) is 39.0 Å². The van der Waals surface area contributed by atoms with Crippen molar-refractivity contribution >= 4 is 17.5 Å². The number of rotatable bonds is 2. The summed E-state index contributed by atoms with van der Waals surface area (Å²) in [7, 11) is 0. The first-order valence-corrected chi connectivity index (χ1v) is 5.71. The Balaban J connectivity index is 3.00. The van der Waals surface area contributed by atoms with E-state index < -0.39 is 23.4 Å². The van der Waals surface area contributed by atoms with Crippen LogP contribution in [-0.2, 0) is 10.9 Å². The summed E-state index contributed by atoms with van der Waals surface area (Å²) in [4.78, 5) is 11.6. The van der Waals surface area contributed by atoms with Crippen LogP contribution >= 0.6 is 0 Å². The zero-order valence-electron chi connectivity index (χ0n) is 11.3. The minimum atomic E-state index is -4.52. The number of hydrogen-bond donors (Lipinski definition) is 3. The number of ether oxygens (including phenoxy) is 1. The van der Waals surface area contributed by atoms with Crippen LogP contribution in [0.2, 0.25) is 0 Å². The Hall–Kier alpha value is -1.96. The van der Waals surface area contributed by atoms with Gasteiger partial charge in [-0.3, -0.25) is 11.2 Å². The van der Waals surface area contributed by atoms with Gasteiger partial charge in [0.15, 0.2) is 0 Å². The van der Waals surface area contributed by atoms with Gasteiger partial charge in [0.05, 0.1) is 16.9 Å². The van der Waals surface area contributed by atoms with E-state index in [9.17, 15) is 18.0 Å². The van der Waals surface area contributed by atoms with Gasteiger partial charge < -0.3 is 10.2 Å². The number of carbonyl (C=O) groups is 1. The molecule has 0 fully saturated rings. The number of nitrogens with one attached hydrogen (secondary N) is 2. The predicted molar refractivity (Wildman–Crippen MR) is 69.1 cm³/mol. The molecule has 1 aromatic rings. The Bertz CT molecular complexity index is 496. The van der Waals surface area contributed by atoms with Gasteiger partial charge in [-0.25, -0.2) is 4.79 Å². The number of anilines is 2. The van der Waals surface area contributed by atoms with Crippen molar-refractivity contribution in [1.29, 1.82) is 0 Å². The van der Waals surface area contributed by atoms with Crippen LogP contribution in [0.15, 0.2) is 18.2 Å². The van der Waals surface area contributed by atoms with Gasteiger partial charge in [0, 0.05) is 0 Å². The number of carbonyl (C=O) groups excluding carboxylic acids is 1. The molecule has 5 nitrogen and oxygen atoms in total. The number of alkyl halides is 3. The highest BCUT2D eigenvalue weighted by molar-refractivity contribution is 5.89. The topological polar surface area (TPSA) is 76.4 Å². The Morgan fingerprint density at radius 2 is 1.80 bits per heavy atom. The summed E-state index contributed by atoms with van der Waals surface area (Å²) in [5.74, 6) is 5.19. The summed E-state index contributed by atoms with van der Waals surface area (Å²) >= 11 is 0. The number of halogens is 3. The first-order chi connectivity index (χ1) is 9.03. The van der Waals surface area contributed by atoms with E-state index in [2.05, 4.69) is 10.7 Å². The van der Waals surface area contributed by atoms with E-state index in [1.54, 1.807) is 20.8 Å². The van der Waals surface area contributed by atoms with Crippen molar-refractivity contribution in [2.45, 2.75) is 32.5 Å². The second kappa shape index (κ2) is 5.58. The Morgan fingerprint density at radius 3 is 2.25 bits per heavy atom. The highest BCUT2D eigenvalue weighted by Crippen LogP contribution is 2.33. The maximum atomic E-state index is 12.6. The third-order valence-corrected chi connectivity index (χ3v) is 2.14. The maximum absolute atomic E-state index is 12.6. The predicted octanol–water partition coefficient (Wildman–Crippen LogP) is 3.34. The summed E-state index contributed by atoms with van der Waals surface area (Å²) < 4.78 is 42.8. The molecule has 0 saturated heterocycles. The summed E-state index contributed by atoms with van der Waals surface area (Å²) in [5, 5.41) is 2.23.